The summed E-state index contributed by atoms with van der Waals surface area (Å²) in [5, 5.41) is 0. The van der Waals surface area contributed by atoms with Gasteiger partial charge in [-0.3, -0.25) is 0 Å². The summed E-state index contributed by atoms with van der Waals surface area (Å²) in [6.45, 7) is 93.6. The molecule has 0 saturated heterocycles. The highest BCUT2D eigenvalue weighted by Gasteiger charge is 2.35. The minimum atomic E-state index is -0.866. The fourth-order valence-corrected chi connectivity index (χ4v) is 14.7. The first-order valence-electron chi connectivity index (χ1n) is 45.8. The summed E-state index contributed by atoms with van der Waals surface area (Å²) in [4.78, 5) is 0. The van der Waals surface area contributed by atoms with E-state index in [1.807, 2.05) is 18.2 Å². The van der Waals surface area contributed by atoms with Gasteiger partial charge < -0.3 is 0 Å². The SMILES string of the molecule is CC1(C)CCC(C)(C)CC1.CC1(C)CCC(C)(F)CC1.CC1(C)CCCCC1.CC1CCC(C)(F)CC1.CCC(C)(C)CC.Cc1c(C(C)C)cc(C(C)C)cc1C(C)C.Cc1cc(C)c(C)c(C)c1.Cc1ccc(C(C)(C)C)cc1C(C)(C)C.Cc1ccc(C(C)C)cc1C(C)C.Cc1ccc(C)c(C)c1.Cc1ccccc1. The maximum Gasteiger partial charge on any atom is 0.108 e. The van der Waals surface area contributed by atoms with Crippen molar-refractivity contribution in [3.05, 3.63) is 209 Å². The lowest BCUT2D eigenvalue weighted by Gasteiger charge is -2.39. The van der Waals surface area contributed by atoms with E-state index in [9.17, 15) is 8.78 Å². The number of alkyl halides is 2. The van der Waals surface area contributed by atoms with Gasteiger partial charge >= 0.3 is 0 Å². The first-order chi connectivity index (χ1) is 51.9. The van der Waals surface area contributed by atoms with Gasteiger partial charge in [-0.2, -0.15) is 0 Å². The van der Waals surface area contributed by atoms with Gasteiger partial charge in [0.2, 0.25) is 0 Å². The van der Waals surface area contributed by atoms with Gasteiger partial charge in [0.15, 0.2) is 0 Å². The van der Waals surface area contributed by atoms with Crippen LogP contribution < -0.4 is 0 Å². The van der Waals surface area contributed by atoms with Crippen LogP contribution >= 0.6 is 0 Å². The molecule has 2 heteroatoms. The van der Waals surface area contributed by atoms with Gasteiger partial charge in [0.05, 0.1) is 0 Å². The van der Waals surface area contributed by atoms with Gasteiger partial charge in [0.25, 0.3) is 0 Å². The van der Waals surface area contributed by atoms with E-state index >= 15 is 0 Å². The van der Waals surface area contributed by atoms with E-state index < -0.39 is 11.3 Å². The highest BCUT2D eigenvalue weighted by atomic mass is 19.1. The Morgan fingerprint density at radius 2 is 0.693 bits per heavy atom. The highest BCUT2D eigenvalue weighted by Crippen LogP contribution is 2.45. The fraction of sp³-hybridized carbons (Fsp3) is 0.679. The Morgan fingerprint density at radius 1 is 0.325 bits per heavy atom. The number of aryl methyl sites for hydroxylation is 9. The third-order valence-corrected chi connectivity index (χ3v) is 25.6. The Hall–Kier alpha value is -4.82. The lowest BCUT2D eigenvalue weighted by Crippen LogP contribution is -2.30. The molecule has 4 aliphatic rings. The molecular weight excluding hydrogens is 1380 g/mol. The molecule has 0 spiro atoms. The van der Waals surface area contributed by atoms with Crippen molar-refractivity contribution < 1.29 is 8.78 Å². The van der Waals surface area contributed by atoms with Gasteiger partial charge in [-0.25, -0.2) is 8.78 Å². The van der Waals surface area contributed by atoms with Crippen molar-refractivity contribution in [1.82, 2.24) is 0 Å². The van der Waals surface area contributed by atoms with Crippen LogP contribution in [0.4, 0.5) is 8.78 Å². The first-order valence-corrected chi connectivity index (χ1v) is 45.8. The predicted molar refractivity (Wildman–Crippen MR) is 515 cm³/mol. The molecule has 0 radical (unpaired) electrons. The largest absolute Gasteiger partial charge is 0.244 e. The number of hydrogen-bond acceptors (Lipinski definition) is 0. The number of benzene rings is 6. The molecule has 650 valence electrons. The molecule has 0 bridgehead atoms. The number of halogens is 2. The summed E-state index contributed by atoms with van der Waals surface area (Å²) in [7, 11) is 0. The van der Waals surface area contributed by atoms with Crippen molar-refractivity contribution in [2.24, 2.45) is 33.0 Å². The average molecular weight is 1570 g/mol. The third-order valence-electron chi connectivity index (χ3n) is 25.6. The second kappa shape index (κ2) is 49.7. The maximum absolute atomic E-state index is 13.2. The topological polar surface area (TPSA) is 0 Å². The summed E-state index contributed by atoms with van der Waals surface area (Å²) < 4.78 is 26.3. The van der Waals surface area contributed by atoms with Crippen LogP contribution in [0.2, 0.25) is 0 Å². The Labute approximate surface area is 711 Å². The van der Waals surface area contributed by atoms with Crippen LogP contribution in [-0.2, 0) is 10.8 Å². The quantitative estimate of drug-likeness (QED) is 0.149. The Balaban J connectivity index is 0.00000124. The zero-order valence-corrected chi connectivity index (χ0v) is 83.5. The molecule has 10 rings (SSSR count). The van der Waals surface area contributed by atoms with E-state index in [1.165, 1.54) is 171 Å². The molecule has 4 aliphatic carbocycles. The Morgan fingerprint density at radius 3 is 1.00 bits per heavy atom. The standard InChI is InChI=1S/C16H26.C15H24.C13H20.C10H20.C10H14.C9H17F.C9H12.C8H15F.C8H16.C7H8.C7H16/c1-10(2)14-8-15(11(3)4)13(7)16(9-14)12(5)6;1-11-8-9-12(14(2,3)4)10-13(11)15(5,6)7;1-9(2)12-7-6-11(5)13(8-12)10(3)4;1-9(2)5-7-10(3,4)8-6-9;1-7-5-8(2)10(4)9(3)6-7;1-8(2)4-6-9(3,10)7-5-8;1-7-4-5-8(2)9(3)6-7;1-7-3-5-8(2,9)6-4-7;1-8(2)6-4-3-5-7-8;1-7-5-3-2-4-6-7;1-5-7(3,4)6-2/h8-12H,1-7H3;8-10H,1-7H3;6-10H,1-5H3;5-8H2,1-4H3;5-6H,1-4H3;4-7H2,1-3H3;4-6H,1-3H3;7H,3-6H2,1-2H3;3-7H2,1-2H3;2-6H,1H3;5-6H2,1-4H3. The van der Waals surface area contributed by atoms with Crippen LogP contribution in [0, 0.1) is 109 Å². The molecule has 0 amide bonds. The monoisotopic (exact) mass is 1570 g/mol. The van der Waals surface area contributed by atoms with E-state index in [-0.39, 0.29) is 10.8 Å². The van der Waals surface area contributed by atoms with Crippen molar-refractivity contribution in [2.75, 3.05) is 0 Å². The van der Waals surface area contributed by atoms with Crippen LogP contribution in [0.1, 0.15) is 466 Å². The molecule has 0 aromatic heterocycles. The van der Waals surface area contributed by atoms with E-state index in [0.29, 0.717) is 56.7 Å². The highest BCUT2D eigenvalue weighted by molar-refractivity contribution is 5.43. The molecule has 0 unspecified atom stereocenters. The summed E-state index contributed by atoms with van der Waals surface area (Å²) in [5.74, 6) is 3.90. The summed E-state index contributed by atoms with van der Waals surface area (Å²) in [6.07, 6.45) is 22.8. The minimum absolute atomic E-state index is 0.241. The molecule has 4 fully saturated rings. The second-order valence-corrected chi connectivity index (χ2v) is 44.1. The number of hydrogen-bond donors (Lipinski definition) is 0. The van der Waals surface area contributed by atoms with E-state index in [2.05, 4.69) is 368 Å². The molecule has 0 aliphatic heterocycles. The molecule has 6 aromatic carbocycles. The smallest absolute Gasteiger partial charge is 0.108 e. The van der Waals surface area contributed by atoms with Crippen molar-refractivity contribution >= 4 is 0 Å². The van der Waals surface area contributed by atoms with Gasteiger partial charge in [0, 0.05) is 0 Å². The molecule has 6 aromatic rings. The summed E-state index contributed by atoms with van der Waals surface area (Å²) in [6, 6.07) is 39.7. The van der Waals surface area contributed by atoms with Crippen LogP contribution in [-0.4, -0.2) is 11.3 Å². The molecule has 0 atom stereocenters. The summed E-state index contributed by atoms with van der Waals surface area (Å²) >= 11 is 0. The molecule has 0 nitrogen and oxygen atoms in total. The van der Waals surface area contributed by atoms with E-state index in [1.54, 1.807) is 13.8 Å². The second-order valence-electron chi connectivity index (χ2n) is 44.1. The first kappa shape index (κ1) is 109. The lowest BCUT2D eigenvalue weighted by molar-refractivity contribution is 0.0708. The van der Waals surface area contributed by atoms with Crippen LogP contribution in [0.15, 0.2) is 109 Å². The van der Waals surface area contributed by atoms with E-state index in [4.69, 9.17) is 0 Å². The van der Waals surface area contributed by atoms with Crippen molar-refractivity contribution in [2.45, 2.75) is 465 Å². The minimum Gasteiger partial charge on any atom is -0.244 e. The van der Waals surface area contributed by atoms with Crippen LogP contribution in [0.3, 0.4) is 0 Å². The lowest BCUT2D eigenvalue weighted by atomic mass is 9.67. The molecule has 0 N–H and O–H groups in total. The summed E-state index contributed by atoms with van der Waals surface area (Å²) in [5.41, 5.74) is 27.4. The zero-order valence-electron chi connectivity index (χ0n) is 83.5. The molecule has 4 saturated carbocycles. The van der Waals surface area contributed by atoms with Crippen LogP contribution in [0.25, 0.3) is 0 Å². The third kappa shape index (κ3) is 45.9. The van der Waals surface area contributed by atoms with Gasteiger partial charge in [0.1, 0.15) is 11.3 Å². The van der Waals surface area contributed by atoms with Gasteiger partial charge in [-0.05, 0) is 337 Å². The van der Waals surface area contributed by atoms with Crippen molar-refractivity contribution in [1.29, 1.82) is 0 Å². The van der Waals surface area contributed by atoms with Crippen LogP contribution in [0.5, 0.6) is 0 Å². The Bertz CT molecular complexity index is 3460. The molecule has 114 heavy (non-hydrogen) atoms. The normalized spacial score (nSPS) is 18.3. The average Bonchev–Trinajstić information content (AvgIpc) is 0.808. The van der Waals surface area contributed by atoms with Crippen molar-refractivity contribution in [3.63, 3.8) is 0 Å². The Kier molecular flexibility index (Phi) is 47.6. The fourth-order valence-electron chi connectivity index (χ4n) is 14.7. The maximum atomic E-state index is 13.2. The molecule has 0 heterocycles. The predicted octanol–water partition coefficient (Wildman–Crippen LogP) is 37.4. The van der Waals surface area contributed by atoms with E-state index in [0.717, 1.165) is 57.3 Å². The van der Waals surface area contributed by atoms with Gasteiger partial charge in [-0.15, -0.1) is 0 Å². The molecular formula is C112H188F2. The van der Waals surface area contributed by atoms with Crippen molar-refractivity contribution in [3.8, 4) is 0 Å². The van der Waals surface area contributed by atoms with Gasteiger partial charge in [-0.1, -0.05) is 359 Å². The number of rotatable bonds is 7. The zero-order chi connectivity index (χ0) is 88.5.